The summed E-state index contributed by atoms with van der Waals surface area (Å²) in [5, 5.41) is 11.3. The molecule has 0 aliphatic rings. The molecule has 0 atom stereocenters. The molecule has 0 fully saturated rings. The third-order valence-corrected chi connectivity index (χ3v) is 4.88. The minimum atomic E-state index is -4.82. The Hall–Kier alpha value is -3.95. The van der Waals surface area contributed by atoms with Crippen molar-refractivity contribution in [2.24, 2.45) is 0 Å². The standard InChI is InChI=1S/C21H17F3N4O3/c1-12-19(29)28(15-3-5-16(6-4-15)31-21(22,23)24)20(30)27(12)11-13-8-9-26-18-7-2-14(25)10-17(13)18/h2-10,29H,11,25H2,1H3. The number of halogens is 3. The molecule has 0 aliphatic heterocycles. The number of pyridine rings is 1. The van der Waals surface area contributed by atoms with Crippen LogP contribution >= 0.6 is 0 Å². The normalized spacial score (nSPS) is 11.7. The van der Waals surface area contributed by atoms with Crippen LogP contribution < -0.4 is 16.2 Å². The van der Waals surface area contributed by atoms with Crippen molar-refractivity contribution in [3.8, 4) is 17.3 Å². The zero-order valence-electron chi connectivity index (χ0n) is 16.2. The van der Waals surface area contributed by atoms with Crippen molar-refractivity contribution in [2.45, 2.75) is 19.8 Å². The van der Waals surface area contributed by atoms with Crippen molar-refractivity contribution < 1.29 is 23.0 Å². The lowest BCUT2D eigenvalue weighted by Crippen LogP contribution is -2.24. The Morgan fingerprint density at radius 3 is 2.52 bits per heavy atom. The van der Waals surface area contributed by atoms with Gasteiger partial charge in [0.15, 0.2) is 0 Å². The van der Waals surface area contributed by atoms with Crippen LogP contribution in [0.3, 0.4) is 0 Å². The average Bonchev–Trinajstić information content (AvgIpc) is 2.91. The molecule has 7 nitrogen and oxygen atoms in total. The molecule has 31 heavy (non-hydrogen) atoms. The van der Waals surface area contributed by atoms with Gasteiger partial charge in [0.05, 0.1) is 23.4 Å². The predicted octanol–water partition coefficient (Wildman–Crippen LogP) is 3.73. The number of rotatable bonds is 4. The van der Waals surface area contributed by atoms with Gasteiger partial charge in [-0.05, 0) is 61.0 Å². The van der Waals surface area contributed by atoms with Gasteiger partial charge in [0.25, 0.3) is 0 Å². The maximum absolute atomic E-state index is 13.0. The number of ether oxygens (including phenoxy) is 1. The Morgan fingerprint density at radius 1 is 1.13 bits per heavy atom. The molecule has 0 bridgehead atoms. The average molecular weight is 430 g/mol. The Labute approximate surface area is 173 Å². The van der Waals surface area contributed by atoms with Gasteiger partial charge in [0, 0.05) is 17.3 Å². The first-order valence-electron chi connectivity index (χ1n) is 9.14. The molecule has 2 aromatic carbocycles. The fourth-order valence-electron chi connectivity index (χ4n) is 3.38. The zero-order valence-corrected chi connectivity index (χ0v) is 16.2. The van der Waals surface area contributed by atoms with E-state index in [1.807, 2.05) is 0 Å². The molecular weight excluding hydrogens is 413 g/mol. The lowest BCUT2D eigenvalue weighted by Gasteiger charge is -2.09. The summed E-state index contributed by atoms with van der Waals surface area (Å²) in [6, 6.07) is 11.7. The minimum Gasteiger partial charge on any atom is -0.493 e. The van der Waals surface area contributed by atoms with E-state index in [-0.39, 0.29) is 18.1 Å². The first kappa shape index (κ1) is 20.3. The van der Waals surface area contributed by atoms with Crippen molar-refractivity contribution in [1.29, 1.82) is 0 Å². The molecule has 2 aromatic heterocycles. The summed E-state index contributed by atoms with van der Waals surface area (Å²) in [5.74, 6) is -0.742. The van der Waals surface area contributed by atoms with E-state index in [1.54, 1.807) is 37.4 Å². The van der Waals surface area contributed by atoms with Crippen molar-refractivity contribution in [1.82, 2.24) is 14.1 Å². The highest BCUT2D eigenvalue weighted by atomic mass is 19.4. The second-order valence-corrected chi connectivity index (χ2v) is 6.90. The van der Waals surface area contributed by atoms with E-state index in [0.717, 1.165) is 27.6 Å². The number of aromatic nitrogens is 3. The SMILES string of the molecule is Cc1c(O)n(-c2ccc(OC(F)(F)F)cc2)c(=O)n1Cc1ccnc2ccc(N)cc12. The van der Waals surface area contributed by atoms with Crippen LogP contribution in [0.25, 0.3) is 16.6 Å². The van der Waals surface area contributed by atoms with Crippen LogP contribution in [0.2, 0.25) is 0 Å². The third kappa shape index (κ3) is 3.91. The van der Waals surface area contributed by atoms with Crippen LogP contribution in [-0.2, 0) is 6.54 Å². The summed E-state index contributed by atoms with van der Waals surface area (Å²) in [4.78, 5) is 17.3. The van der Waals surface area contributed by atoms with Crippen molar-refractivity contribution in [3.05, 3.63) is 76.5 Å². The number of aromatic hydroxyl groups is 1. The first-order valence-corrected chi connectivity index (χ1v) is 9.14. The summed E-state index contributed by atoms with van der Waals surface area (Å²) in [7, 11) is 0. The molecule has 0 spiro atoms. The minimum absolute atomic E-state index is 0.142. The molecule has 0 saturated carbocycles. The number of benzene rings is 2. The zero-order chi connectivity index (χ0) is 22.3. The molecule has 10 heteroatoms. The molecule has 3 N–H and O–H groups in total. The summed E-state index contributed by atoms with van der Waals surface area (Å²) >= 11 is 0. The highest BCUT2D eigenvalue weighted by Crippen LogP contribution is 2.27. The van der Waals surface area contributed by atoms with Gasteiger partial charge in [-0.15, -0.1) is 13.2 Å². The fourth-order valence-corrected chi connectivity index (χ4v) is 3.38. The van der Waals surface area contributed by atoms with Crippen LogP contribution in [0.4, 0.5) is 18.9 Å². The second kappa shape index (κ2) is 7.38. The largest absolute Gasteiger partial charge is 0.573 e. The molecule has 4 rings (SSSR count). The number of imidazole rings is 1. The Morgan fingerprint density at radius 2 is 1.84 bits per heavy atom. The molecule has 2 heterocycles. The van der Waals surface area contributed by atoms with Gasteiger partial charge in [-0.3, -0.25) is 9.55 Å². The van der Waals surface area contributed by atoms with E-state index in [0.29, 0.717) is 16.9 Å². The van der Waals surface area contributed by atoms with Gasteiger partial charge < -0.3 is 15.6 Å². The fraction of sp³-hybridized carbons (Fsp3) is 0.143. The summed E-state index contributed by atoms with van der Waals surface area (Å²) in [6.07, 6.45) is -3.21. The van der Waals surface area contributed by atoms with E-state index in [9.17, 15) is 23.1 Å². The molecule has 0 radical (unpaired) electrons. The molecular formula is C21H17F3N4O3. The topological polar surface area (TPSA) is 95.3 Å². The Bertz CT molecular complexity index is 1320. The lowest BCUT2D eigenvalue weighted by atomic mass is 10.1. The molecule has 0 saturated heterocycles. The van der Waals surface area contributed by atoms with E-state index in [2.05, 4.69) is 9.72 Å². The van der Waals surface area contributed by atoms with Gasteiger partial charge in [-0.2, -0.15) is 0 Å². The van der Waals surface area contributed by atoms with Gasteiger partial charge in [-0.25, -0.2) is 9.36 Å². The van der Waals surface area contributed by atoms with E-state index >= 15 is 0 Å². The van der Waals surface area contributed by atoms with Crippen molar-refractivity contribution in [3.63, 3.8) is 0 Å². The molecule has 0 unspecified atom stereocenters. The number of anilines is 1. The van der Waals surface area contributed by atoms with Gasteiger partial charge >= 0.3 is 12.1 Å². The van der Waals surface area contributed by atoms with Crippen LogP contribution in [0, 0.1) is 6.92 Å². The van der Waals surface area contributed by atoms with Gasteiger partial charge in [-0.1, -0.05) is 0 Å². The smallest absolute Gasteiger partial charge is 0.493 e. The monoisotopic (exact) mass is 430 g/mol. The number of alkyl halides is 3. The highest BCUT2D eigenvalue weighted by molar-refractivity contribution is 5.85. The Balaban J connectivity index is 1.74. The number of nitrogens with two attached hydrogens (primary N) is 1. The van der Waals surface area contributed by atoms with Crippen LogP contribution in [0.15, 0.2) is 59.5 Å². The van der Waals surface area contributed by atoms with Crippen molar-refractivity contribution >= 4 is 16.6 Å². The maximum atomic E-state index is 13.0. The van der Waals surface area contributed by atoms with E-state index in [1.165, 1.54) is 16.7 Å². The molecule has 4 aromatic rings. The van der Waals surface area contributed by atoms with Crippen molar-refractivity contribution in [2.75, 3.05) is 5.73 Å². The van der Waals surface area contributed by atoms with E-state index < -0.39 is 17.8 Å². The highest BCUT2D eigenvalue weighted by Gasteiger charge is 2.31. The predicted molar refractivity (Wildman–Crippen MR) is 108 cm³/mol. The molecule has 0 aliphatic carbocycles. The van der Waals surface area contributed by atoms with E-state index in [4.69, 9.17) is 5.73 Å². The summed E-state index contributed by atoms with van der Waals surface area (Å²) < 4.78 is 43.3. The third-order valence-electron chi connectivity index (χ3n) is 4.88. The quantitative estimate of drug-likeness (QED) is 0.481. The number of fused-ring (bicyclic) bond motifs is 1. The van der Waals surface area contributed by atoms with Crippen LogP contribution in [0.5, 0.6) is 11.6 Å². The summed E-state index contributed by atoms with van der Waals surface area (Å²) in [5.41, 5.74) is 7.86. The molecule has 160 valence electrons. The Kier molecular flexibility index (Phi) is 4.84. The second-order valence-electron chi connectivity index (χ2n) is 6.90. The number of hydrogen-bond acceptors (Lipinski definition) is 5. The number of hydrogen-bond donors (Lipinski definition) is 2. The summed E-state index contributed by atoms with van der Waals surface area (Å²) in [6.45, 7) is 1.72. The first-order chi connectivity index (χ1) is 14.6. The maximum Gasteiger partial charge on any atom is 0.573 e. The van der Waals surface area contributed by atoms with Crippen LogP contribution in [0.1, 0.15) is 11.3 Å². The van der Waals surface area contributed by atoms with Gasteiger partial charge in [0.2, 0.25) is 5.88 Å². The molecule has 0 amide bonds. The van der Waals surface area contributed by atoms with Gasteiger partial charge in [0.1, 0.15) is 5.75 Å². The number of nitrogens with zero attached hydrogens (tertiary/aromatic N) is 3. The number of nitrogen functional groups attached to an aromatic ring is 1. The lowest BCUT2D eigenvalue weighted by molar-refractivity contribution is -0.274. The van der Waals surface area contributed by atoms with Crippen LogP contribution in [-0.4, -0.2) is 25.6 Å².